The van der Waals surface area contributed by atoms with Crippen molar-refractivity contribution < 1.29 is 14.3 Å². The summed E-state index contributed by atoms with van der Waals surface area (Å²) in [6.07, 6.45) is 0.889. The second-order valence-electron chi connectivity index (χ2n) is 5.01. The third-order valence-corrected chi connectivity index (χ3v) is 1.59. The van der Waals surface area contributed by atoms with E-state index in [9.17, 15) is 9.59 Å². The van der Waals surface area contributed by atoms with Gasteiger partial charge < -0.3 is 4.74 Å². The van der Waals surface area contributed by atoms with Crippen molar-refractivity contribution in [3.63, 3.8) is 0 Å². The predicted octanol–water partition coefficient (Wildman–Crippen LogP) is 2.22. The topological polar surface area (TPSA) is 67.8 Å². The molecule has 92 valence electrons. The number of ether oxygens (including phenoxy) is 1. The lowest BCUT2D eigenvalue weighted by Crippen LogP contribution is -2.38. The number of isocyanates is 1. The molecule has 0 saturated carbocycles. The largest absolute Gasteiger partial charge is 0.444 e. The van der Waals surface area contributed by atoms with Crippen molar-refractivity contribution in [2.45, 2.75) is 52.8 Å². The molecule has 0 unspecified atom stereocenters. The van der Waals surface area contributed by atoms with E-state index < -0.39 is 17.9 Å². The van der Waals surface area contributed by atoms with Crippen molar-refractivity contribution in [2.75, 3.05) is 0 Å². The third kappa shape index (κ3) is 8.00. The number of hydrogen-bond acceptors (Lipinski definition) is 4. The molecule has 0 rings (SSSR count). The van der Waals surface area contributed by atoms with Crippen LogP contribution in [-0.2, 0) is 9.53 Å². The van der Waals surface area contributed by atoms with Crippen molar-refractivity contribution in [2.24, 2.45) is 10.9 Å². The van der Waals surface area contributed by atoms with Crippen molar-refractivity contribution in [3.8, 4) is 0 Å². The molecule has 0 aromatic heterocycles. The van der Waals surface area contributed by atoms with E-state index in [1.807, 2.05) is 13.8 Å². The Labute approximate surface area is 96.3 Å². The van der Waals surface area contributed by atoms with E-state index in [0.29, 0.717) is 12.3 Å². The summed E-state index contributed by atoms with van der Waals surface area (Å²) in [7, 11) is 0. The molecule has 0 fully saturated rings. The van der Waals surface area contributed by atoms with Gasteiger partial charge in [0.25, 0.3) is 0 Å². The number of aliphatic imine (C=N–C) groups is 1. The first kappa shape index (κ1) is 14.6. The standard InChI is InChI=1S/C11H20N2O3/c1-8(2)6-9(12-7-14)13-10(15)16-11(3,4)5/h8-9H,6H2,1-5H3,(H,13,15)/t9-/m0/s1. The maximum atomic E-state index is 11.4. The zero-order valence-electron chi connectivity index (χ0n) is 10.5. The molecule has 0 aromatic rings. The van der Waals surface area contributed by atoms with Gasteiger partial charge in [0.15, 0.2) is 0 Å². The van der Waals surface area contributed by atoms with E-state index in [-0.39, 0.29) is 0 Å². The Bertz CT molecular complexity index is 275. The van der Waals surface area contributed by atoms with Gasteiger partial charge in [-0.1, -0.05) is 13.8 Å². The average Bonchev–Trinajstić information content (AvgIpc) is 1.98. The summed E-state index contributed by atoms with van der Waals surface area (Å²) in [5.41, 5.74) is -0.558. The van der Waals surface area contributed by atoms with E-state index in [2.05, 4.69) is 10.3 Å². The zero-order chi connectivity index (χ0) is 12.8. The van der Waals surface area contributed by atoms with Crippen molar-refractivity contribution >= 4 is 12.2 Å². The molecule has 0 spiro atoms. The van der Waals surface area contributed by atoms with Gasteiger partial charge in [-0.05, 0) is 33.1 Å². The summed E-state index contributed by atoms with van der Waals surface area (Å²) in [5, 5.41) is 2.52. The number of carbonyl (C=O) groups excluding carboxylic acids is 2. The molecule has 0 aliphatic carbocycles. The minimum atomic E-state index is -0.572. The monoisotopic (exact) mass is 228 g/mol. The number of carbonyl (C=O) groups is 1. The van der Waals surface area contributed by atoms with Crippen LogP contribution in [0.4, 0.5) is 4.79 Å². The highest BCUT2D eigenvalue weighted by molar-refractivity contribution is 5.68. The highest BCUT2D eigenvalue weighted by Crippen LogP contribution is 2.09. The molecule has 1 amide bonds. The minimum absolute atomic E-state index is 0.317. The van der Waals surface area contributed by atoms with E-state index >= 15 is 0 Å². The Balaban J connectivity index is 4.29. The van der Waals surface area contributed by atoms with Crippen LogP contribution in [0.3, 0.4) is 0 Å². The van der Waals surface area contributed by atoms with Gasteiger partial charge in [0.05, 0.1) is 0 Å². The van der Waals surface area contributed by atoms with Crippen LogP contribution in [0.5, 0.6) is 0 Å². The fraction of sp³-hybridized carbons (Fsp3) is 0.818. The zero-order valence-corrected chi connectivity index (χ0v) is 10.5. The lowest BCUT2D eigenvalue weighted by atomic mass is 10.1. The molecule has 16 heavy (non-hydrogen) atoms. The van der Waals surface area contributed by atoms with Gasteiger partial charge in [0.2, 0.25) is 6.08 Å². The van der Waals surface area contributed by atoms with E-state index in [1.54, 1.807) is 20.8 Å². The second kappa shape index (κ2) is 6.28. The van der Waals surface area contributed by atoms with Gasteiger partial charge in [-0.2, -0.15) is 4.99 Å². The number of nitrogens with one attached hydrogen (secondary N) is 1. The maximum absolute atomic E-state index is 11.4. The Hall–Kier alpha value is -1.35. The second-order valence-corrected chi connectivity index (χ2v) is 5.01. The quantitative estimate of drug-likeness (QED) is 0.592. The average molecular weight is 228 g/mol. The molecule has 0 aromatic carbocycles. The van der Waals surface area contributed by atoms with Crippen LogP contribution in [-0.4, -0.2) is 23.9 Å². The van der Waals surface area contributed by atoms with Crippen molar-refractivity contribution in [1.82, 2.24) is 5.32 Å². The summed E-state index contributed by atoms with van der Waals surface area (Å²) < 4.78 is 5.06. The molecule has 0 aliphatic rings. The molecule has 5 nitrogen and oxygen atoms in total. The summed E-state index contributed by atoms with van der Waals surface area (Å²) in [6.45, 7) is 9.27. The van der Waals surface area contributed by atoms with Crippen molar-refractivity contribution in [3.05, 3.63) is 0 Å². The van der Waals surface area contributed by atoms with Gasteiger partial charge in [-0.3, -0.25) is 5.32 Å². The highest BCUT2D eigenvalue weighted by atomic mass is 16.6. The number of alkyl carbamates (subject to hydrolysis) is 1. The van der Waals surface area contributed by atoms with Crippen LogP contribution in [0.2, 0.25) is 0 Å². The van der Waals surface area contributed by atoms with Crippen LogP contribution in [0, 0.1) is 5.92 Å². The molecule has 0 aliphatic heterocycles. The molecular weight excluding hydrogens is 208 g/mol. The normalized spacial score (nSPS) is 12.9. The van der Waals surface area contributed by atoms with Crippen molar-refractivity contribution in [1.29, 1.82) is 0 Å². The minimum Gasteiger partial charge on any atom is -0.444 e. The molecule has 5 heteroatoms. The molecule has 0 saturated heterocycles. The fourth-order valence-corrected chi connectivity index (χ4v) is 1.10. The summed E-state index contributed by atoms with van der Waals surface area (Å²) >= 11 is 0. The smallest absolute Gasteiger partial charge is 0.409 e. The Morgan fingerprint density at radius 1 is 1.44 bits per heavy atom. The van der Waals surface area contributed by atoms with Crippen LogP contribution in [0.25, 0.3) is 0 Å². The van der Waals surface area contributed by atoms with Gasteiger partial charge in [0.1, 0.15) is 11.8 Å². The van der Waals surface area contributed by atoms with Gasteiger partial charge in [-0.15, -0.1) is 0 Å². The third-order valence-electron chi connectivity index (χ3n) is 1.59. The van der Waals surface area contributed by atoms with Crippen LogP contribution in [0.15, 0.2) is 4.99 Å². The number of hydrogen-bond donors (Lipinski definition) is 1. The maximum Gasteiger partial charge on any atom is 0.409 e. The number of rotatable bonds is 4. The molecule has 1 atom stereocenters. The fourth-order valence-electron chi connectivity index (χ4n) is 1.10. The van der Waals surface area contributed by atoms with E-state index in [4.69, 9.17) is 4.74 Å². The molecule has 1 N–H and O–H groups in total. The van der Waals surface area contributed by atoms with Crippen LogP contribution in [0.1, 0.15) is 41.0 Å². The van der Waals surface area contributed by atoms with Crippen LogP contribution < -0.4 is 5.32 Å². The highest BCUT2D eigenvalue weighted by Gasteiger charge is 2.19. The molecule has 0 heterocycles. The lowest BCUT2D eigenvalue weighted by molar-refractivity contribution is 0.0501. The van der Waals surface area contributed by atoms with Gasteiger partial charge >= 0.3 is 6.09 Å². The SMILES string of the molecule is CC(C)C[C@@H](N=C=O)NC(=O)OC(C)(C)C. The Morgan fingerprint density at radius 2 is 2.00 bits per heavy atom. The first-order valence-corrected chi connectivity index (χ1v) is 5.31. The first-order chi connectivity index (χ1) is 7.24. The molecule has 0 bridgehead atoms. The van der Waals surface area contributed by atoms with Gasteiger partial charge in [0, 0.05) is 0 Å². The Morgan fingerprint density at radius 3 is 2.38 bits per heavy atom. The Kier molecular flexibility index (Phi) is 5.75. The molecule has 0 radical (unpaired) electrons. The number of nitrogens with zero attached hydrogens (tertiary/aromatic N) is 1. The predicted molar refractivity (Wildman–Crippen MR) is 60.7 cm³/mol. The summed E-state index contributed by atoms with van der Waals surface area (Å²) in [4.78, 5) is 25.1. The lowest BCUT2D eigenvalue weighted by Gasteiger charge is -2.22. The van der Waals surface area contributed by atoms with E-state index in [1.165, 1.54) is 6.08 Å². The summed E-state index contributed by atoms with van der Waals surface area (Å²) in [6, 6.07) is 0. The molecular formula is C11H20N2O3. The van der Waals surface area contributed by atoms with E-state index in [0.717, 1.165) is 0 Å². The van der Waals surface area contributed by atoms with Crippen LogP contribution >= 0.6 is 0 Å². The first-order valence-electron chi connectivity index (χ1n) is 5.31. The number of amides is 1. The summed E-state index contributed by atoms with van der Waals surface area (Å²) in [5.74, 6) is 0.317. The van der Waals surface area contributed by atoms with Gasteiger partial charge in [-0.25, -0.2) is 9.59 Å².